The second kappa shape index (κ2) is 10.5. The maximum Gasteiger partial charge on any atom is 0.323 e. The predicted octanol–water partition coefficient (Wildman–Crippen LogP) is 4.73. The molecule has 186 valence electrons. The fraction of sp³-hybridized carbons (Fsp3) is 0.192. The van der Waals surface area contributed by atoms with Crippen LogP contribution in [0.25, 0.3) is 5.70 Å². The standard InChI is InChI=1S/C26H25Cl2N5O3/c1-26(28)24(36-16-17-8-4-3-5-9-17)23(29)19-14-18(27)11-12-20(19)33(26)22(34)15-31-25(35)32(2)21-10-6-7-13-30-21/h3-14H,15-16,29H2,1-2H3,(H,31,35). The summed E-state index contributed by atoms with van der Waals surface area (Å²) in [6.45, 7) is 1.49. The monoisotopic (exact) mass is 525 g/mol. The SMILES string of the molecule is CN(C(=O)NCC(=O)N1c2ccc(Cl)cc2C(N)=C(OCc2ccccc2)C1(C)Cl)c1ccccn1. The lowest BCUT2D eigenvalue weighted by Gasteiger charge is -2.42. The molecule has 1 aromatic heterocycles. The number of urea groups is 1. The van der Waals surface area contributed by atoms with E-state index in [9.17, 15) is 9.59 Å². The minimum atomic E-state index is -1.46. The molecule has 36 heavy (non-hydrogen) atoms. The number of benzene rings is 2. The van der Waals surface area contributed by atoms with Gasteiger partial charge in [-0.15, -0.1) is 0 Å². The van der Waals surface area contributed by atoms with Crippen molar-refractivity contribution >= 4 is 52.3 Å². The number of hydrogen-bond acceptors (Lipinski definition) is 5. The molecule has 0 aliphatic carbocycles. The lowest BCUT2D eigenvalue weighted by molar-refractivity contribution is -0.118. The number of rotatable bonds is 6. The highest BCUT2D eigenvalue weighted by Gasteiger charge is 2.46. The zero-order chi connectivity index (χ0) is 25.9. The predicted molar refractivity (Wildman–Crippen MR) is 142 cm³/mol. The van der Waals surface area contributed by atoms with Gasteiger partial charge in [0.2, 0.25) is 5.91 Å². The molecule has 0 spiro atoms. The van der Waals surface area contributed by atoms with E-state index in [1.807, 2.05) is 30.3 Å². The summed E-state index contributed by atoms with van der Waals surface area (Å²) in [5, 5.41) is 3.06. The molecule has 3 amide bonds. The van der Waals surface area contributed by atoms with Gasteiger partial charge in [-0.3, -0.25) is 14.6 Å². The molecule has 0 saturated carbocycles. The molecule has 0 bridgehead atoms. The van der Waals surface area contributed by atoms with Crippen LogP contribution in [0.5, 0.6) is 0 Å². The average Bonchev–Trinajstić information content (AvgIpc) is 2.88. The van der Waals surface area contributed by atoms with Gasteiger partial charge < -0.3 is 15.8 Å². The van der Waals surface area contributed by atoms with E-state index >= 15 is 0 Å². The summed E-state index contributed by atoms with van der Waals surface area (Å²) >= 11 is 13.2. The van der Waals surface area contributed by atoms with Gasteiger partial charge in [-0.1, -0.05) is 59.6 Å². The van der Waals surface area contributed by atoms with Gasteiger partial charge in [0.1, 0.15) is 12.4 Å². The molecule has 2 aromatic carbocycles. The third-order valence-electron chi connectivity index (χ3n) is 5.73. The van der Waals surface area contributed by atoms with E-state index in [0.29, 0.717) is 22.1 Å². The number of fused-ring (bicyclic) bond motifs is 1. The molecule has 1 unspecified atom stereocenters. The number of aromatic nitrogens is 1. The number of carbonyl (C=O) groups is 2. The van der Waals surface area contributed by atoms with Crippen LogP contribution >= 0.6 is 23.2 Å². The number of nitrogens with zero attached hydrogens (tertiary/aromatic N) is 3. The Morgan fingerprint density at radius 1 is 1.14 bits per heavy atom. The first-order chi connectivity index (χ1) is 17.2. The Morgan fingerprint density at radius 3 is 2.56 bits per heavy atom. The summed E-state index contributed by atoms with van der Waals surface area (Å²) in [6.07, 6.45) is 1.58. The number of anilines is 2. The van der Waals surface area contributed by atoms with E-state index in [1.165, 1.54) is 9.80 Å². The van der Waals surface area contributed by atoms with Gasteiger partial charge in [0.25, 0.3) is 0 Å². The van der Waals surface area contributed by atoms with Crippen molar-refractivity contribution in [1.82, 2.24) is 10.3 Å². The van der Waals surface area contributed by atoms with Gasteiger partial charge >= 0.3 is 6.03 Å². The minimum absolute atomic E-state index is 0.197. The van der Waals surface area contributed by atoms with Crippen molar-refractivity contribution in [1.29, 1.82) is 0 Å². The zero-order valence-corrected chi connectivity index (χ0v) is 21.3. The van der Waals surface area contributed by atoms with E-state index in [4.69, 9.17) is 33.7 Å². The Labute approximate surface area is 219 Å². The molecule has 10 heteroatoms. The van der Waals surface area contributed by atoms with E-state index in [-0.39, 0.29) is 24.6 Å². The third kappa shape index (κ3) is 5.10. The molecule has 3 N–H and O–H groups in total. The fourth-order valence-corrected chi connectivity index (χ4v) is 4.44. The number of pyridine rings is 1. The molecule has 1 aliphatic heterocycles. The van der Waals surface area contributed by atoms with Crippen LogP contribution in [-0.2, 0) is 16.1 Å². The quantitative estimate of drug-likeness (QED) is 0.358. The van der Waals surface area contributed by atoms with Crippen molar-refractivity contribution in [2.24, 2.45) is 5.73 Å². The fourth-order valence-electron chi connectivity index (χ4n) is 3.93. The van der Waals surface area contributed by atoms with Crippen molar-refractivity contribution in [2.75, 3.05) is 23.4 Å². The maximum absolute atomic E-state index is 13.5. The normalized spacial score (nSPS) is 16.8. The Hall–Kier alpha value is -3.75. The number of alkyl halides is 1. The van der Waals surface area contributed by atoms with Crippen molar-refractivity contribution in [2.45, 2.75) is 18.5 Å². The van der Waals surface area contributed by atoms with Gasteiger partial charge in [-0.05, 0) is 42.8 Å². The van der Waals surface area contributed by atoms with Crippen LogP contribution in [0.1, 0.15) is 18.1 Å². The molecule has 1 atom stereocenters. The first-order valence-corrected chi connectivity index (χ1v) is 11.9. The first kappa shape index (κ1) is 25.3. The summed E-state index contributed by atoms with van der Waals surface area (Å²) in [7, 11) is 1.56. The van der Waals surface area contributed by atoms with Gasteiger partial charge in [-0.25, -0.2) is 9.78 Å². The largest absolute Gasteiger partial charge is 0.487 e. The molecule has 2 heterocycles. The zero-order valence-electron chi connectivity index (χ0n) is 19.7. The maximum atomic E-state index is 13.5. The number of ether oxygens (including phenoxy) is 1. The van der Waals surface area contributed by atoms with Crippen molar-refractivity contribution in [3.8, 4) is 0 Å². The highest BCUT2D eigenvalue weighted by atomic mass is 35.5. The summed E-state index contributed by atoms with van der Waals surface area (Å²) < 4.78 is 6.08. The number of hydrogen-bond donors (Lipinski definition) is 2. The van der Waals surface area contributed by atoms with Crippen molar-refractivity contribution in [3.63, 3.8) is 0 Å². The molecular formula is C26H25Cl2N5O3. The Kier molecular flexibility index (Phi) is 7.37. The van der Waals surface area contributed by atoms with E-state index < -0.39 is 16.9 Å². The van der Waals surface area contributed by atoms with E-state index in [0.717, 1.165) is 5.56 Å². The molecule has 4 rings (SSSR count). The lowest BCUT2D eigenvalue weighted by Crippen LogP contribution is -2.54. The molecule has 0 fully saturated rings. The molecular weight excluding hydrogens is 501 g/mol. The Morgan fingerprint density at radius 2 is 1.86 bits per heavy atom. The summed E-state index contributed by atoms with van der Waals surface area (Å²) in [4.78, 5) is 31.5. The molecule has 0 radical (unpaired) electrons. The number of nitrogens with two attached hydrogens (primary N) is 1. The van der Waals surface area contributed by atoms with Gasteiger partial charge in [0.05, 0.1) is 17.9 Å². The molecule has 1 aliphatic rings. The number of nitrogens with one attached hydrogen (secondary N) is 1. The van der Waals surface area contributed by atoms with Crippen LogP contribution in [0.4, 0.5) is 16.3 Å². The number of amides is 3. The summed E-state index contributed by atoms with van der Waals surface area (Å²) in [5.74, 6) is 0.190. The van der Waals surface area contributed by atoms with Gasteiger partial charge in [0.15, 0.2) is 10.8 Å². The average molecular weight is 526 g/mol. The van der Waals surface area contributed by atoms with Crippen LogP contribution in [0.2, 0.25) is 5.02 Å². The highest BCUT2D eigenvalue weighted by molar-refractivity contribution is 6.32. The van der Waals surface area contributed by atoms with Crippen LogP contribution in [0.3, 0.4) is 0 Å². The van der Waals surface area contributed by atoms with Crippen LogP contribution in [-0.4, -0.2) is 35.5 Å². The molecule has 3 aromatic rings. The first-order valence-electron chi connectivity index (χ1n) is 11.1. The third-order valence-corrected chi connectivity index (χ3v) is 6.31. The molecule has 0 saturated heterocycles. The lowest BCUT2D eigenvalue weighted by atomic mass is 9.98. The molecule has 8 nitrogen and oxygen atoms in total. The van der Waals surface area contributed by atoms with Crippen molar-refractivity contribution < 1.29 is 14.3 Å². The number of halogens is 2. The van der Waals surface area contributed by atoms with Crippen LogP contribution < -0.4 is 20.9 Å². The Balaban J connectivity index is 1.59. The van der Waals surface area contributed by atoms with Gasteiger partial charge in [0, 0.05) is 23.8 Å². The van der Waals surface area contributed by atoms with Gasteiger partial charge in [-0.2, -0.15) is 0 Å². The van der Waals surface area contributed by atoms with Crippen molar-refractivity contribution in [3.05, 3.63) is 94.8 Å². The van der Waals surface area contributed by atoms with E-state index in [1.54, 1.807) is 56.6 Å². The Bertz CT molecular complexity index is 1300. The van der Waals surface area contributed by atoms with Crippen LogP contribution in [0, 0.1) is 0 Å². The van der Waals surface area contributed by atoms with E-state index in [2.05, 4.69) is 10.3 Å². The summed E-state index contributed by atoms with van der Waals surface area (Å²) in [6, 6.07) is 19.2. The summed E-state index contributed by atoms with van der Waals surface area (Å²) in [5.41, 5.74) is 8.63. The topological polar surface area (TPSA) is 101 Å². The highest BCUT2D eigenvalue weighted by Crippen LogP contribution is 2.45. The smallest absolute Gasteiger partial charge is 0.323 e. The van der Waals surface area contributed by atoms with Crippen LogP contribution in [0.15, 0.2) is 78.7 Å². The second-order valence-corrected chi connectivity index (χ2v) is 9.44. The second-order valence-electron chi connectivity index (χ2n) is 8.27. The number of carbonyl (C=O) groups excluding carboxylic acids is 2. The minimum Gasteiger partial charge on any atom is -0.487 e.